The number of nitrogens with two attached hydrogens (primary N) is 2. The fraction of sp³-hybridized carbons (Fsp3) is 0.387. The molecule has 0 bridgehead atoms. The molecule has 226 valence electrons. The highest BCUT2D eigenvalue weighted by Gasteiger charge is 2.21. The maximum atomic E-state index is 12.9. The Hall–Kier alpha value is -3.95. The molecule has 2 heterocycles. The summed E-state index contributed by atoms with van der Waals surface area (Å²) in [5.41, 5.74) is 13.3. The Labute approximate surface area is 247 Å². The van der Waals surface area contributed by atoms with Crippen LogP contribution >= 0.6 is 0 Å². The first kappa shape index (κ1) is 34.3. The molecular weight excluding hydrogens is 540 g/mol. The molecule has 2 atom stereocenters. The number of nitrogens with zero attached hydrogens (tertiary/aromatic N) is 5. The predicted molar refractivity (Wildman–Crippen MR) is 161 cm³/mol. The van der Waals surface area contributed by atoms with E-state index >= 15 is 0 Å². The van der Waals surface area contributed by atoms with Crippen molar-refractivity contribution in [2.45, 2.75) is 24.8 Å². The molecule has 0 fully saturated rings. The lowest BCUT2D eigenvalue weighted by atomic mass is 10.0. The zero-order valence-corrected chi connectivity index (χ0v) is 24.9. The van der Waals surface area contributed by atoms with Crippen LogP contribution < -0.4 is 11.5 Å². The Morgan fingerprint density at radius 3 is 1.62 bits per heavy atom. The van der Waals surface area contributed by atoms with Crippen molar-refractivity contribution in [2.24, 2.45) is 11.5 Å². The third-order valence-corrected chi connectivity index (χ3v) is 6.20. The van der Waals surface area contributed by atoms with Crippen LogP contribution in [0.4, 0.5) is 8.78 Å². The van der Waals surface area contributed by atoms with Crippen LogP contribution in [-0.2, 0) is 0 Å². The second-order valence-corrected chi connectivity index (χ2v) is 9.93. The molecule has 0 aliphatic carbocycles. The summed E-state index contributed by atoms with van der Waals surface area (Å²) in [4.78, 5) is 16.5. The van der Waals surface area contributed by atoms with Crippen molar-refractivity contribution < 1.29 is 17.6 Å². The van der Waals surface area contributed by atoms with Crippen molar-refractivity contribution in [3.8, 4) is 22.9 Å². The number of hydrogen-bond acceptors (Lipinski definition) is 8. The van der Waals surface area contributed by atoms with E-state index < -0.39 is 0 Å². The number of halogens is 2. The summed E-state index contributed by atoms with van der Waals surface area (Å²) < 4.78 is 36.6. The van der Waals surface area contributed by atoms with Gasteiger partial charge in [-0.3, -0.25) is 0 Å². The number of oxazole rings is 2. The number of aromatic nitrogens is 2. The monoisotopic (exact) mass is 581 g/mol. The van der Waals surface area contributed by atoms with Gasteiger partial charge in [0, 0.05) is 36.6 Å². The summed E-state index contributed by atoms with van der Waals surface area (Å²) in [7, 11) is 9.49. The maximum absolute atomic E-state index is 12.9. The van der Waals surface area contributed by atoms with Crippen LogP contribution in [0.1, 0.15) is 36.2 Å². The first-order valence-electron chi connectivity index (χ1n) is 13.6. The van der Waals surface area contributed by atoms with Crippen LogP contribution in [0.25, 0.3) is 27.8 Å². The minimum absolute atomic E-state index is 0.176. The standard InChI is InChI=1S/C15H16FN3O.C15H20FN3O.CH5N/c1-17-13(8-9-19(2)3)14-10-20-15(18-14)11-4-6-12(16)7-5-11;1-19(2)8-7-12(9-17)14-10-20-15(18-14)11-3-5-13(16)6-4-11;1-2/h4-7,10,13H,8-9H2,2-3H3;3-6,10,12H,7-9,17H2,1-2H3;2H2,1H3. The predicted octanol–water partition coefficient (Wildman–Crippen LogP) is 5.44. The van der Waals surface area contributed by atoms with E-state index in [0.29, 0.717) is 36.0 Å². The Balaban J connectivity index is 0.000000277. The minimum Gasteiger partial charge on any atom is -0.444 e. The molecule has 0 aliphatic heterocycles. The molecule has 0 saturated heterocycles. The Bertz CT molecular complexity index is 1350. The van der Waals surface area contributed by atoms with Gasteiger partial charge in [-0.1, -0.05) is 0 Å². The Kier molecular flexibility index (Phi) is 14.5. The highest BCUT2D eigenvalue weighted by molar-refractivity contribution is 5.53. The maximum Gasteiger partial charge on any atom is 0.269 e. The van der Waals surface area contributed by atoms with Gasteiger partial charge in [-0.25, -0.2) is 25.3 Å². The SMILES string of the molecule is CN.CN(C)CCC(CN)c1coc(-c2ccc(F)cc2)n1.[C-]#[N+]C(CCN(C)C)c1coc(-c2ccc(F)cc2)n1. The number of rotatable bonds is 11. The van der Waals surface area contributed by atoms with Gasteiger partial charge in [0.25, 0.3) is 6.04 Å². The number of hydrogen-bond donors (Lipinski definition) is 2. The fourth-order valence-electron chi connectivity index (χ4n) is 3.82. The zero-order valence-electron chi connectivity index (χ0n) is 24.9. The van der Waals surface area contributed by atoms with E-state index in [-0.39, 0.29) is 23.6 Å². The minimum atomic E-state index is -0.310. The van der Waals surface area contributed by atoms with E-state index in [9.17, 15) is 8.78 Å². The first-order chi connectivity index (χ1) is 20.2. The lowest BCUT2D eigenvalue weighted by Crippen LogP contribution is -2.20. The molecule has 2 aromatic carbocycles. The lowest BCUT2D eigenvalue weighted by Gasteiger charge is -2.15. The smallest absolute Gasteiger partial charge is 0.269 e. The highest BCUT2D eigenvalue weighted by Crippen LogP contribution is 2.26. The van der Waals surface area contributed by atoms with Crippen LogP contribution in [0.15, 0.2) is 69.9 Å². The normalized spacial score (nSPS) is 12.1. The second kappa shape index (κ2) is 17.8. The molecule has 2 aromatic heterocycles. The summed E-state index contributed by atoms with van der Waals surface area (Å²) in [5, 5.41) is 0. The quantitative estimate of drug-likeness (QED) is 0.225. The van der Waals surface area contributed by atoms with Crippen LogP contribution in [0, 0.1) is 18.2 Å². The van der Waals surface area contributed by atoms with Gasteiger partial charge in [-0.05, 0) is 96.7 Å². The summed E-state index contributed by atoms with van der Waals surface area (Å²) in [6, 6.07) is 11.7. The molecule has 4 N–H and O–H groups in total. The highest BCUT2D eigenvalue weighted by atomic mass is 19.1. The van der Waals surface area contributed by atoms with E-state index in [1.807, 2.05) is 33.1 Å². The average molecular weight is 582 g/mol. The van der Waals surface area contributed by atoms with E-state index in [1.54, 1.807) is 30.5 Å². The van der Waals surface area contributed by atoms with Gasteiger partial charge >= 0.3 is 0 Å². The zero-order chi connectivity index (χ0) is 31.1. The topological polar surface area (TPSA) is 115 Å². The molecule has 0 saturated carbocycles. The Morgan fingerprint density at radius 1 is 0.762 bits per heavy atom. The summed E-state index contributed by atoms with van der Waals surface area (Å²) in [6.07, 6.45) is 4.79. The first-order valence-corrected chi connectivity index (χ1v) is 13.6. The number of benzene rings is 2. The van der Waals surface area contributed by atoms with E-state index in [2.05, 4.69) is 25.4 Å². The third-order valence-electron chi connectivity index (χ3n) is 6.20. The van der Waals surface area contributed by atoms with Gasteiger partial charge in [-0.15, -0.1) is 0 Å². The van der Waals surface area contributed by atoms with Crippen molar-refractivity contribution in [2.75, 3.05) is 54.9 Å². The Morgan fingerprint density at radius 2 is 1.19 bits per heavy atom. The average Bonchev–Trinajstić information content (AvgIpc) is 3.67. The largest absolute Gasteiger partial charge is 0.444 e. The molecular formula is C31H41F2N7O2. The molecule has 2 unspecified atom stereocenters. The molecule has 0 spiro atoms. The van der Waals surface area contributed by atoms with Gasteiger partial charge in [0.2, 0.25) is 11.8 Å². The van der Waals surface area contributed by atoms with Crippen molar-refractivity contribution in [1.29, 1.82) is 0 Å². The molecule has 0 amide bonds. The molecule has 42 heavy (non-hydrogen) atoms. The van der Waals surface area contributed by atoms with Crippen molar-refractivity contribution in [3.05, 3.63) is 95.5 Å². The lowest BCUT2D eigenvalue weighted by molar-refractivity contribution is 0.380. The van der Waals surface area contributed by atoms with Crippen LogP contribution in [0.5, 0.6) is 0 Å². The van der Waals surface area contributed by atoms with Gasteiger partial charge < -0.3 is 34.9 Å². The molecule has 0 radical (unpaired) electrons. The van der Waals surface area contributed by atoms with Gasteiger partial charge in [-0.2, -0.15) is 0 Å². The van der Waals surface area contributed by atoms with E-state index in [0.717, 1.165) is 30.8 Å². The van der Waals surface area contributed by atoms with Crippen LogP contribution in [0.2, 0.25) is 0 Å². The summed E-state index contributed by atoms with van der Waals surface area (Å²) >= 11 is 0. The van der Waals surface area contributed by atoms with Gasteiger partial charge in [0.05, 0.1) is 5.69 Å². The fourth-order valence-corrected chi connectivity index (χ4v) is 3.82. The van der Waals surface area contributed by atoms with Crippen molar-refractivity contribution in [1.82, 2.24) is 19.8 Å². The molecule has 4 aromatic rings. The summed E-state index contributed by atoms with van der Waals surface area (Å²) in [5.74, 6) is 0.522. The van der Waals surface area contributed by atoms with Gasteiger partial charge in [0.1, 0.15) is 24.2 Å². The molecule has 4 rings (SSSR count). The van der Waals surface area contributed by atoms with Crippen molar-refractivity contribution in [3.63, 3.8) is 0 Å². The molecule has 9 nitrogen and oxygen atoms in total. The van der Waals surface area contributed by atoms with Gasteiger partial charge in [0.15, 0.2) is 5.69 Å². The van der Waals surface area contributed by atoms with E-state index in [1.165, 1.54) is 37.6 Å². The molecule has 11 heteroatoms. The molecule has 0 aliphatic rings. The second-order valence-electron chi connectivity index (χ2n) is 9.93. The summed E-state index contributed by atoms with van der Waals surface area (Å²) in [6.45, 7) is 9.55. The van der Waals surface area contributed by atoms with Crippen LogP contribution in [-0.4, -0.2) is 74.6 Å². The van der Waals surface area contributed by atoms with Crippen LogP contribution in [0.3, 0.4) is 0 Å². The van der Waals surface area contributed by atoms with E-state index in [4.69, 9.17) is 21.1 Å². The van der Waals surface area contributed by atoms with Crippen molar-refractivity contribution >= 4 is 0 Å². The third kappa shape index (κ3) is 10.8.